The fraction of sp³-hybridized carbons (Fsp3) is 0.571. The molecule has 2 aliphatic heterocycles. The monoisotopic (exact) mass is 266 g/mol. The Morgan fingerprint density at radius 3 is 2.74 bits per heavy atom. The average molecular weight is 266 g/mol. The van der Waals surface area contributed by atoms with Crippen LogP contribution in [0.3, 0.4) is 0 Å². The van der Waals surface area contributed by atoms with Crippen molar-refractivity contribution in [3.05, 3.63) is 35.9 Å². The van der Waals surface area contributed by atoms with Gasteiger partial charge in [-0.1, -0.05) is 30.3 Å². The minimum Gasteiger partial charge on any atom is -0.390 e. The highest BCUT2D eigenvalue weighted by Crippen LogP contribution is 2.33. The van der Waals surface area contributed by atoms with E-state index >= 15 is 0 Å². The lowest BCUT2D eigenvalue weighted by Crippen LogP contribution is -2.55. The van der Waals surface area contributed by atoms with E-state index in [1.54, 1.807) is 7.11 Å². The zero-order valence-electron chi connectivity index (χ0n) is 10.8. The molecule has 1 aromatic rings. The molecular weight excluding hydrogens is 248 g/mol. The molecule has 2 unspecified atom stereocenters. The number of rotatable bonds is 2. The SMILES string of the molecule is CO[C@@H]1C[C@@H](O)C2O[C@H](c3ccccc3)OCC2O1. The second-order valence-electron chi connectivity index (χ2n) is 4.82. The number of fused-ring (bicyclic) bond motifs is 1. The van der Waals surface area contributed by atoms with Crippen molar-refractivity contribution in [2.45, 2.75) is 37.3 Å². The van der Waals surface area contributed by atoms with Crippen molar-refractivity contribution < 1.29 is 24.1 Å². The van der Waals surface area contributed by atoms with E-state index in [1.165, 1.54) is 0 Å². The second kappa shape index (κ2) is 5.56. The van der Waals surface area contributed by atoms with Gasteiger partial charge >= 0.3 is 0 Å². The summed E-state index contributed by atoms with van der Waals surface area (Å²) in [4.78, 5) is 0. The van der Waals surface area contributed by atoms with Crippen LogP contribution in [0, 0.1) is 0 Å². The van der Waals surface area contributed by atoms with E-state index in [4.69, 9.17) is 18.9 Å². The normalized spacial score (nSPS) is 38.7. The predicted octanol–water partition coefficient (Wildman–Crippen LogP) is 1.22. The minimum absolute atomic E-state index is 0.284. The van der Waals surface area contributed by atoms with Crippen molar-refractivity contribution >= 4 is 0 Å². The fourth-order valence-corrected chi connectivity index (χ4v) is 2.52. The third kappa shape index (κ3) is 2.66. The van der Waals surface area contributed by atoms with Crippen LogP contribution < -0.4 is 0 Å². The van der Waals surface area contributed by atoms with Crippen LogP contribution in [0.25, 0.3) is 0 Å². The molecule has 0 amide bonds. The molecule has 104 valence electrons. The van der Waals surface area contributed by atoms with Gasteiger partial charge in [-0.05, 0) is 0 Å². The molecule has 2 fully saturated rings. The minimum atomic E-state index is -0.598. The largest absolute Gasteiger partial charge is 0.390 e. The van der Waals surface area contributed by atoms with Gasteiger partial charge in [-0.2, -0.15) is 0 Å². The summed E-state index contributed by atoms with van der Waals surface area (Å²) in [6.07, 6.45) is -1.67. The number of ether oxygens (including phenoxy) is 4. The number of benzene rings is 1. The zero-order valence-corrected chi connectivity index (χ0v) is 10.8. The molecule has 2 saturated heterocycles. The van der Waals surface area contributed by atoms with Crippen LogP contribution in [0.1, 0.15) is 18.3 Å². The average Bonchev–Trinajstić information content (AvgIpc) is 2.47. The summed E-state index contributed by atoms with van der Waals surface area (Å²) in [5.74, 6) is 0. The molecule has 5 atom stereocenters. The first-order chi connectivity index (χ1) is 9.28. The highest BCUT2D eigenvalue weighted by atomic mass is 16.7. The van der Waals surface area contributed by atoms with Gasteiger partial charge in [0.15, 0.2) is 12.6 Å². The maximum Gasteiger partial charge on any atom is 0.184 e. The maximum atomic E-state index is 10.1. The quantitative estimate of drug-likeness (QED) is 0.872. The van der Waals surface area contributed by atoms with E-state index in [2.05, 4.69) is 0 Å². The van der Waals surface area contributed by atoms with Gasteiger partial charge in [0.25, 0.3) is 0 Å². The lowest BCUT2D eigenvalue weighted by molar-refractivity contribution is -0.334. The Hall–Kier alpha value is -0.980. The first-order valence-electron chi connectivity index (χ1n) is 6.46. The fourth-order valence-electron chi connectivity index (χ4n) is 2.52. The molecule has 2 heterocycles. The number of hydrogen-bond acceptors (Lipinski definition) is 5. The molecule has 19 heavy (non-hydrogen) atoms. The Morgan fingerprint density at radius 1 is 1.21 bits per heavy atom. The lowest BCUT2D eigenvalue weighted by atomic mass is 10.0. The van der Waals surface area contributed by atoms with Crippen LogP contribution >= 0.6 is 0 Å². The summed E-state index contributed by atoms with van der Waals surface area (Å²) in [6, 6.07) is 9.70. The van der Waals surface area contributed by atoms with E-state index in [-0.39, 0.29) is 12.2 Å². The Balaban J connectivity index is 1.70. The van der Waals surface area contributed by atoms with Crippen molar-refractivity contribution in [3.63, 3.8) is 0 Å². The van der Waals surface area contributed by atoms with Gasteiger partial charge < -0.3 is 24.1 Å². The van der Waals surface area contributed by atoms with E-state index in [1.807, 2.05) is 30.3 Å². The summed E-state index contributed by atoms with van der Waals surface area (Å²) in [7, 11) is 1.56. The van der Waals surface area contributed by atoms with Crippen LogP contribution in [0.15, 0.2) is 30.3 Å². The molecule has 0 spiro atoms. The Kier molecular flexibility index (Phi) is 3.81. The summed E-state index contributed by atoms with van der Waals surface area (Å²) in [6.45, 7) is 0.390. The predicted molar refractivity (Wildman–Crippen MR) is 66.3 cm³/mol. The van der Waals surface area contributed by atoms with Crippen molar-refractivity contribution in [2.24, 2.45) is 0 Å². The summed E-state index contributed by atoms with van der Waals surface area (Å²) < 4.78 is 22.3. The molecule has 0 bridgehead atoms. The third-order valence-corrected chi connectivity index (χ3v) is 3.53. The summed E-state index contributed by atoms with van der Waals surface area (Å²) in [5.41, 5.74) is 0.946. The Labute approximate surface area is 112 Å². The van der Waals surface area contributed by atoms with Gasteiger partial charge in [0.2, 0.25) is 0 Å². The lowest BCUT2D eigenvalue weighted by Gasteiger charge is -2.43. The van der Waals surface area contributed by atoms with Gasteiger partial charge in [-0.25, -0.2) is 0 Å². The van der Waals surface area contributed by atoms with E-state index in [9.17, 15) is 5.11 Å². The maximum absolute atomic E-state index is 10.1. The van der Waals surface area contributed by atoms with E-state index in [0.717, 1.165) is 5.56 Å². The molecule has 5 heteroatoms. The molecule has 0 saturated carbocycles. The van der Waals surface area contributed by atoms with Crippen LogP contribution in [0.4, 0.5) is 0 Å². The summed E-state index contributed by atoms with van der Waals surface area (Å²) >= 11 is 0. The van der Waals surface area contributed by atoms with Gasteiger partial charge in [0.05, 0.1) is 12.7 Å². The molecule has 0 aromatic heterocycles. The molecule has 3 rings (SSSR count). The van der Waals surface area contributed by atoms with E-state index < -0.39 is 18.7 Å². The molecule has 1 aromatic carbocycles. The highest BCUT2D eigenvalue weighted by Gasteiger charge is 2.43. The highest BCUT2D eigenvalue weighted by molar-refractivity contribution is 5.16. The second-order valence-corrected chi connectivity index (χ2v) is 4.82. The molecular formula is C14H18O5. The van der Waals surface area contributed by atoms with Crippen molar-refractivity contribution in [1.82, 2.24) is 0 Å². The van der Waals surface area contributed by atoms with Gasteiger partial charge in [-0.15, -0.1) is 0 Å². The third-order valence-electron chi connectivity index (χ3n) is 3.53. The van der Waals surface area contributed by atoms with Crippen molar-refractivity contribution in [1.29, 1.82) is 0 Å². The molecule has 0 radical (unpaired) electrons. The molecule has 2 aliphatic rings. The number of aliphatic hydroxyl groups excluding tert-OH is 1. The first-order valence-corrected chi connectivity index (χ1v) is 6.46. The van der Waals surface area contributed by atoms with E-state index in [0.29, 0.717) is 13.0 Å². The van der Waals surface area contributed by atoms with Gasteiger partial charge in [0, 0.05) is 19.1 Å². The Morgan fingerprint density at radius 2 is 2.00 bits per heavy atom. The van der Waals surface area contributed by atoms with Crippen molar-refractivity contribution in [2.75, 3.05) is 13.7 Å². The standard InChI is InChI=1S/C14H18O5/c1-16-12-7-10(15)13-11(18-12)8-17-14(19-13)9-5-3-2-4-6-9/h2-6,10-15H,7-8H2,1H3/t10-,11?,12+,13?,14-/m1/s1. The van der Waals surface area contributed by atoms with Crippen LogP contribution in [-0.4, -0.2) is 43.4 Å². The first kappa shape index (κ1) is 13.0. The number of methoxy groups -OCH3 is 1. The van der Waals surface area contributed by atoms with Gasteiger partial charge in [-0.3, -0.25) is 0 Å². The topological polar surface area (TPSA) is 57.2 Å². The number of aliphatic hydroxyl groups is 1. The Bertz CT molecular complexity index is 410. The van der Waals surface area contributed by atoms with Gasteiger partial charge in [0.1, 0.15) is 12.2 Å². The molecule has 0 aliphatic carbocycles. The number of hydrogen-bond donors (Lipinski definition) is 1. The molecule has 1 N–H and O–H groups in total. The summed E-state index contributed by atoms with van der Waals surface area (Å²) in [5, 5.41) is 10.1. The zero-order chi connectivity index (χ0) is 13.2. The van der Waals surface area contributed by atoms with Crippen molar-refractivity contribution in [3.8, 4) is 0 Å². The van der Waals surface area contributed by atoms with Crippen LogP contribution in [-0.2, 0) is 18.9 Å². The smallest absolute Gasteiger partial charge is 0.184 e. The van der Waals surface area contributed by atoms with Crippen LogP contribution in [0.2, 0.25) is 0 Å². The molecule has 5 nitrogen and oxygen atoms in total. The van der Waals surface area contributed by atoms with Crippen LogP contribution in [0.5, 0.6) is 0 Å².